The molecule has 0 fully saturated rings. The van der Waals surface area contributed by atoms with Crippen molar-refractivity contribution in [2.24, 2.45) is 0 Å². The number of rotatable bonds is 0. The molecule has 0 spiro atoms. The molecule has 0 radical (unpaired) electrons. The van der Waals surface area contributed by atoms with Crippen LogP contribution >= 0.6 is 15.9 Å². The van der Waals surface area contributed by atoms with Gasteiger partial charge in [-0.05, 0) is 23.6 Å². The summed E-state index contributed by atoms with van der Waals surface area (Å²) < 4.78 is 1.26. The second-order valence-corrected chi connectivity index (χ2v) is 2.96. The first-order valence-electron chi connectivity index (χ1n) is 2.63. The third-order valence-electron chi connectivity index (χ3n) is 1.50. The van der Waals surface area contributed by atoms with Crippen LogP contribution in [-0.2, 0) is 6.42 Å². The molecule has 2 aliphatic rings. The second kappa shape index (κ2) is 1.35. The summed E-state index contributed by atoms with van der Waals surface area (Å²) in [6.07, 6.45) is 1.18. The quantitative estimate of drug-likeness (QED) is 0.567. The van der Waals surface area contributed by atoms with Gasteiger partial charge in [-0.2, -0.15) is 0 Å². The minimum absolute atomic E-state index is 1.18. The van der Waals surface area contributed by atoms with Crippen molar-refractivity contribution in [1.82, 2.24) is 0 Å². The number of benzene rings is 1. The maximum absolute atomic E-state index is 3.44. The predicted octanol–water partition coefficient (Wildman–Crippen LogP) is 2.35. The summed E-state index contributed by atoms with van der Waals surface area (Å²) in [4.78, 5) is 0. The normalized spacial score (nSPS) is 13.1. The van der Waals surface area contributed by atoms with Gasteiger partial charge in [0, 0.05) is 4.47 Å². The Hall–Kier alpha value is -0.300. The van der Waals surface area contributed by atoms with Crippen LogP contribution in [0.3, 0.4) is 0 Å². The zero-order valence-corrected chi connectivity index (χ0v) is 5.90. The minimum Gasteiger partial charge on any atom is -0.0576 e. The largest absolute Gasteiger partial charge is 0.0576 e. The molecule has 8 heavy (non-hydrogen) atoms. The van der Waals surface area contributed by atoms with Crippen molar-refractivity contribution in [2.45, 2.75) is 6.42 Å². The van der Waals surface area contributed by atoms with Gasteiger partial charge in [0.1, 0.15) is 0 Å². The van der Waals surface area contributed by atoms with Gasteiger partial charge in [0.15, 0.2) is 0 Å². The molecule has 40 valence electrons. The Balaban J connectivity index is 2.72. The fourth-order valence-electron chi connectivity index (χ4n) is 0.962. The first kappa shape index (κ1) is 4.57. The van der Waals surface area contributed by atoms with Gasteiger partial charge < -0.3 is 0 Å². The van der Waals surface area contributed by atoms with E-state index >= 15 is 0 Å². The third-order valence-corrected chi connectivity index (χ3v) is 2.28. The van der Waals surface area contributed by atoms with Gasteiger partial charge in [0.25, 0.3) is 0 Å². The van der Waals surface area contributed by atoms with Crippen LogP contribution in [0.2, 0.25) is 0 Å². The second-order valence-electron chi connectivity index (χ2n) is 2.10. The van der Waals surface area contributed by atoms with Gasteiger partial charge in [-0.25, -0.2) is 0 Å². The highest BCUT2D eigenvalue weighted by Gasteiger charge is 2.10. The highest BCUT2D eigenvalue weighted by Crippen LogP contribution is 2.28. The van der Waals surface area contributed by atoms with E-state index in [1.165, 1.54) is 22.0 Å². The predicted molar refractivity (Wildman–Crippen MR) is 36.9 cm³/mol. The van der Waals surface area contributed by atoms with E-state index in [2.05, 4.69) is 34.1 Å². The van der Waals surface area contributed by atoms with E-state index in [-0.39, 0.29) is 0 Å². The Morgan fingerprint density at radius 2 is 2.12 bits per heavy atom. The Kier molecular flexibility index (Phi) is 0.770. The highest BCUT2D eigenvalue weighted by molar-refractivity contribution is 9.10. The number of halogens is 1. The molecule has 0 saturated carbocycles. The molecule has 2 bridgehead atoms. The molecule has 0 heterocycles. The average molecular weight is 169 g/mol. The molecule has 0 nitrogen and oxygen atoms in total. The molecule has 1 aromatic carbocycles. The summed E-state index contributed by atoms with van der Waals surface area (Å²) in [7, 11) is 0. The Labute approximate surface area is 56.7 Å². The summed E-state index contributed by atoms with van der Waals surface area (Å²) in [6.45, 7) is 0. The standard InChI is InChI=1S/C7H5Br/c8-7-2-1-5-3-6(7)4-5/h1-3H,4H2. The minimum atomic E-state index is 1.18. The number of fused-ring (bicyclic) bond motifs is 2. The molecule has 0 unspecified atom stereocenters. The molecule has 1 aromatic rings. The van der Waals surface area contributed by atoms with Crippen molar-refractivity contribution in [2.75, 3.05) is 0 Å². The fraction of sp³-hybridized carbons (Fsp3) is 0.143. The molecule has 3 rings (SSSR count). The number of hydrogen-bond donors (Lipinski definition) is 0. The van der Waals surface area contributed by atoms with Crippen LogP contribution in [0.1, 0.15) is 11.1 Å². The topological polar surface area (TPSA) is 0 Å². The summed E-state index contributed by atoms with van der Waals surface area (Å²) in [5.74, 6) is 0. The van der Waals surface area contributed by atoms with Crippen LogP contribution in [0, 0.1) is 0 Å². The lowest BCUT2D eigenvalue weighted by Gasteiger charge is -2.15. The summed E-state index contributed by atoms with van der Waals surface area (Å²) >= 11 is 3.44. The van der Waals surface area contributed by atoms with Crippen LogP contribution in [0.25, 0.3) is 0 Å². The van der Waals surface area contributed by atoms with E-state index in [1.807, 2.05) is 0 Å². The number of hydrogen-bond acceptors (Lipinski definition) is 0. The smallest absolute Gasteiger partial charge is 0.0210 e. The van der Waals surface area contributed by atoms with Crippen LogP contribution in [0.4, 0.5) is 0 Å². The first-order chi connectivity index (χ1) is 3.86. The van der Waals surface area contributed by atoms with Crippen molar-refractivity contribution in [1.29, 1.82) is 0 Å². The van der Waals surface area contributed by atoms with E-state index in [4.69, 9.17) is 0 Å². The van der Waals surface area contributed by atoms with Gasteiger partial charge in [0.05, 0.1) is 0 Å². The van der Waals surface area contributed by atoms with Crippen LogP contribution < -0.4 is 0 Å². The maximum atomic E-state index is 3.44. The molecule has 2 aliphatic carbocycles. The van der Waals surface area contributed by atoms with Gasteiger partial charge in [0.2, 0.25) is 0 Å². The summed E-state index contributed by atoms with van der Waals surface area (Å²) in [6, 6.07) is 6.47. The zero-order chi connectivity index (χ0) is 5.56. The van der Waals surface area contributed by atoms with Crippen molar-refractivity contribution in [3.63, 3.8) is 0 Å². The van der Waals surface area contributed by atoms with Gasteiger partial charge in [-0.1, -0.05) is 28.1 Å². The van der Waals surface area contributed by atoms with Gasteiger partial charge in [-0.3, -0.25) is 0 Å². The monoisotopic (exact) mass is 168 g/mol. The van der Waals surface area contributed by atoms with E-state index in [0.29, 0.717) is 0 Å². The van der Waals surface area contributed by atoms with E-state index in [9.17, 15) is 0 Å². The molecule has 0 amide bonds. The first-order valence-corrected chi connectivity index (χ1v) is 3.43. The molecule has 1 heteroatoms. The van der Waals surface area contributed by atoms with Crippen LogP contribution in [0.5, 0.6) is 0 Å². The molecule has 0 atom stereocenters. The fourth-order valence-corrected chi connectivity index (χ4v) is 1.35. The summed E-state index contributed by atoms with van der Waals surface area (Å²) in [5.41, 5.74) is 2.91. The van der Waals surface area contributed by atoms with E-state index < -0.39 is 0 Å². The zero-order valence-electron chi connectivity index (χ0n) is 4.32. The Morgan fingerprint density at radius 3 is 2.38 bits per heavy atom. The van der Waals surface area contributed by atoms with Gasteiger partial charge in [-0.15, -0.1) is 0 Å². The molecular formula is C7H5Br. The Bertz CT molecular complexity index is 219. The van der Waals surface area contributed by atoms with Gasteiger partial charge >= 0.3 is 0 Å². The van der Waals surface area contributed by atoms with E-state index in [1.54, 1.807) is 0 Å². The Morgan fingerprint density at radius 1 is 1.38 bits per heavy atom. The molecular weight excluding hydrogens is 164 g/mol. The summed E-state index contributed by atoms with van der Waals surface area (Å²) in [5, 5.41) is 0. The maximum Gasteiger partial charge on any atom is 0.0210 e. The van der Waals surface area contributed by atoms with Crippen LogP contribution in [-0.4, -0.2) is 0 Å². The highest BCUT2D eigenvalue weighted by atomic mass is 79.9. The average Bonchev–Trinajstić information content (AvgIpc) is 1.62. The lowest BCUT2D eigenvalue weighted by atomic mass is 9.94. The lowest BCUT2D eigenvalue weighted by molar-refractivity contribution is 1.07. The lowest BCUT2D eigenvalue weighted by Crippen LogP contribution is -2.00. The molecule has 0 aliphatic heterocycles. The van der Waals surface area contributed by atoms with Crippen molar-refractivity contribution >= 4 is 15.9 Å². The molecule has 0 saturated heterocycles. The van der Waals surface area contributed by atoms with Crippen molar-refractivity contribution in [3.8, 4) is 0 Å². The third kappa shape index (κ3) is 0.451. The SMILES string of the molecule is Brc1ccc2cc1C2. The van der Waals surface area contributed by atoms with Crippen molar-refractivity contribution in [3.05, 3.63) is 33.8 Å². The van der Waals surface area contributed by atoms with E-state index in [0.717, 1.165) is 0 Å². The molecule has 0 aromatic heterocycles. The molecule has 0 N–H and O–H groups in total. The van der Waals surface area contributed by atoms with Crippen molar-refractivity contribution < 1.29 is 0 Å². The van der Waals surface area contributed by atoms with Crippen LogP contribution in [0.15, 0.2) is 22.7 Å².